The lowest BCUT2D eigenvalue weighted by atomic mass is 9.79. The van der Waals surface area contributed by atoms with E-state index in [1.807, 2.05) is 0 Å². The predicted octanol–water partition coefficient (Wildman–Crippen LogP) is 4.46. The zero-order chi connectivity index (χ0) is 18.6. The van der Waals surface area contributed by atoms with Gasteiger partial charge in [-0.2, -0.15) is 0 Å². The van der Waals surface area contributed by atoms with Crippen LogP contribution >= 0.6 is 0 Å². The van der Waals surface area contributed by atoms with Gasteiger partial charge in [-0.25, -0.2) is 0 Å². The van der Waals surface area contributed by atoms with Crippen molar-refractivity contribution in [2.45, 2.75) is 78.4 Å². The van der Waals surface area contributed by atoms with Crippen molar-refractivity contribution in [2.24, 2.45) is 22.7 Å². The Kier molecular flexibility index (Phi) is 7.04. The first kappa shape index (κ1) is 20.6. The maximum Gasteiger partial charge on any atom is 0.0634 e. The molecule has 4 heteroatoms. The summed E-state index contributed by atoms with van der Waals surface area (Å²) in [4.78, 5) is 0. The Balaban J connectivity index is 1.47. The number of hydrogen-bond acceptors (Lipinski definition) is 4. The number of rotatable bonds is 12. The second-order valence-electron chi connectivity index (χ2n) is 9.06. The summed E-state index contributed by atoms with van der Waals surface area (Å²) in [6.07, 6.45) is 7.89. The molecule has 3 rings (SSSR count). The maximum absolute atomic E-state index is 6.28. The molecule has 0 aliphatic carbocycles. The molecule has 26 heavy (non-hydrogen) atoms. The monoisotopic (exact) mass is 368 g/mol. The fourth-order valence-electron chi connectivity index (χ4n) is 4.99. The largest absolute Gasteiger partial charge is 0.380 e. The van der Waals surface area contributed by atoms with Gasteiger partial charge in [0.2, 0.25) is 0 Å². The van der Waals surface area contributed by atoms with Crippen LogP contribution in [0.2, 0.25) is 0 Å². The third-order valence-electron chi connectivity index (χ3n) is 7.84. The summed E-state index contributed by atoms with van der Waals surface area (Å²) in [5, 5.41) is 0. The maximum atomic E-state index is 6.28. The Morgan fingerprint density at radius 2 is 1.46 bits per heavy atom. The highest BCUT2D eigenvalue weighted by molar-refractivity contribution is 4.96. The Bertz CT molecular complexity index is 416. The van der Waals surface area contributed by atoms with Crippen LogP contribution in [0.3, 0.4) is 0 Å². The van der Waals surface area contributed by atoms with Crippen LogP contribution < -0.4 is 0 Å². The summed E-state index contributed by atoms with van der Waals surface area (Å²) in [5.41, 5.74) is 0.621. The third kappa shape index (κ3) is 4.14. The average molecular weight is 369 g/mol. The molecule has 0 aromatic carbocycles. The van der Waals surface area contributed by atoms with E-state index in [-0.39, 0.29) is 5.41 Å². The van der Waals surface area contributed by atoms with Crippen molar-refractivity contribution in [3.05, 3.63) is 0 Å². The van der Waals surface area contributed by atoms with E-state index < -0.39 is 0 Å². The van der Waals surface area contributed by atoms with E-state index in [9.17, 15) is 0 Å². The van der Waals surface area contributed by atoms with E-state index in [4.69, 9.17) is 18.9 Å². The molecule has 0 aromatic heterocycles. The van der Waals surface area contributed by atoms with Crippen LogP contribution in [0.5, 0.6) is 0 Å². The minimum Gasteiger partial charge on any atom is -0.380 e. The summed E-state index contributed by atoms with van der Waals surface area (Å²) < 4.78 is 24.1. The molecule has 3 saturated heterocycles. The predicted molar refractivity (Wildman–Crippen MR) is 103 cm³/mol. The molecular weight excluding hydrogens is 328 g/mol. The average Bonchev–Trinajstić information content (AvgIpc) is 3.24. The van der Waals surface area contributed by atoms with Gasteiger partial charge >= 0.3 is 0 Å². The van der Waals surface area contributed by atoms with E-state index in [1.165, 1.54) is 32.1 Å². The molecule has 0 spiro atoms. The molecule has 3 fully saturated rings. The smallest absolute Gasteiger partial charge is 0.0634 e. The van der Waals surface area contributed by atoms with Crippen LogP contribution in [0.1, 0.15) is 66.2 Å². The van der Waals surface area contributed by atoms with Crippen molar-refractivity contribution >= 4 is 0 Å². The van der Waals surface area contributed by atoms with Crippen molar-refractivity contribution in [3.63, 3.8) is 0 Å². The molecule has 0 N–H and O–H groups in total. The second kappa shape index (κ2) is 8.89. The van der Waals surface area contributed by atoms with Gasteiger partial charge in [-0.3, -0.25) is 0 Å². The molecule has 3 heterocycles. The molecule has 4 nitrogen and oxygen atoms in total. The lowest BCUT2D eigenvalue weighted by molar-refractivity contribution is -0.155. The molecule has 0 radical (unpaired) electrons. The van der Waals surface area contributed by atoms with E-state index in [1.54, 1.807) is 0 Å². The number of fused-ring (bicyclic) bond motifs is 2. The first-order valence-electron chi connectivity index (χ1n) is 11.0. The van der Waals surface area contributed by atoms with Crippen molar-refractivity contribution in [2.75, 3.05) is 39.6 Å². The van der Waals surface area contributed by atoms with Crippen molar-refractivity contribution in [1.29, 1.82) is 0 Å². The molecular formula is C22H40O4. The lowest BCUT2D eigenvalue weighted by Crippen LogP contribution is -2.46. The summed E-state index contributed by atoms with van der Waals surface area (Å²) in [6, 6.07) is 0. The quantitative estimate of drug-likeness (QED) is 0.510. The van der Waals surface area contributed by atoms with E-state index >= 15 is 0 Å². The highest BCUT2D eigenvalue weighted by Crippen LogP contribution is 2.44. The summed E-state index contributed by atoms with van der Waals surface area (Å²) in [7, 11) is 0. The minimum absolute atomic E-state index is 0.271. The van der Waals surface area contributed by atoms with Crippen LogP contribution in [0, 0.1) is 22.7 Å². The van der Waals surface area contributed by atoms with Crippen LogP contribution in [0.15, 0.2) is 0 Å². The van der Waals surface area contributed by atoms with Gasteiger partial charge in [0.15, 0.2) is 0 Å². The third-order valence-corrected chi connectivity index (χ3v) is 7.84. The van der Waals surface area contributed by atoms with Gasteiger partial charge in [-0.15, -0.1) is 0 Å². The lowest BCUT2D eigenvalue weighted by Gasteiger charge is -2.41. The summed E-state index contributed by atoms with van der Waals surface area (Å²) >= 11 is 0. The van der Waals surface area contributed by atoms with Gasteiger partial charge in [0.1, 0.15) is 0 Å². The van der Waals surface area contributed by atoms with Crippen molar-refractivity contribution in [3.8, 4) is 0 Å². The highest BCUT2D eigenvalue weighted by atomic mass is 16.5. The normalized spacial score (nSPS) is 32.8. The van der Waals surface area contributed by atoms with Crippen molar-refractivity contribution < 1.29 is 18.9 Å². The van der Waals surface area contributed by atoms with Crippen LogP contribution in [-0.4, -0.2) is 51.8 Å². The molecule has 0 aromatic rings. The van der Waals surface area contributed by atoms with Gasteiger partial charge in [-0.1, -0.05) is 27.7 Å². The molecule has 0 amide bonds. The van der Waals surface area contributed by atoms with Crippen molar-refractivity contribution in [1.82, 2.24) is 0 Å². The standard InChI is InChI=1S/C22H40O4/c1-5-21(6-2,7-3)13-23-11-17-18(20-10-9-19(17)26-20)12-24-14-22(8-4)15-25-16-22/h17-20H,5-16H2,1-4H3. The Morgan fingerprint density at radius 3 is 1.92 bits per heavy atom. The van der Waals surface area contributed by atoms with Gasteiger partial charge in [0.05, 0.1) is 51.8 Å². The Hall–Kier alpha value is -0.160. The van der Waals surface area contributed by atoms with Gasteiger partial charge in [-0.05, 0) is 43.9 Å². The summed E-state index contributed by atoms with van der Waals surface area (Å²) in [6.45, 7) is 14.2. The topological polar surface area (TPSA) is 36.9 Å². The van der Waals surface area contributed by atoms with Crippen LogP contribution in [-0.2, 0) is 18.9 Å². The second-order valence-corrected chi connectivity index (χ2v) is 9.06. The van der Waals surface area contributed by atoms with Gasteiger partial charge < -0.3 is 18.9 Å². The number of ether oxygens (including phenoxy) is 4. The fourth-order valence-corrected chi connectivity index (χ4v) is 4.99. The Morgan fingerprint density at radius 1 is 0.885 bits per heavy atom. The molecule has 4 unspecified atom stereocenters. The van der Waals surface area contributed by atoms with E-state index in [0.717, 1.165) is 46.1 Å². The molecule has 152 valence electrons. The number of hydrogen-bond donors (Lipinski definition) is 0. The van der Waals surface area contributed by atoms with E-state index in [2.05, 4.69) is 27.7 Å². The first-order valence-corrected chi connectivity index (χ1v) is 11.0. The molecule has 0 saturated carbocycles. The Labute approximate surface area is 160 Å². The van der Waals surface area contributed by atoms with Gasteiger partial charge in [0.25, 0.3) is 0 Å². The molecule has 3 aliphatic rings. The zero-order valence-corrected chi connectivity index (χ0v) is 17.4. The summed E-state index contributed by atoms with van der Waals surface area (Å²) in [5.74, 6) is 1.01. The van der Waals surface area contributed by atoms with E-state index in [0.29, 0.717) is 29.5 Å². The minimum atomic E-state index is 0.271. The van der Waals surface area contributed by atoms with Crippen LogP contribution in [0.25, 0.3) is 0 Å². The SMILES string of the molecule is CCC(CC)(CC)COCC1C2CCC(O2)C1COCC1(CC)COC1. The molecule has 3 aliphatic heterocycles. The highest BCUT2D eigenvalue weighted by Gasteiger charge is 2.49. The first-order chi connectivity index (χ1) is 12.6. The zero-order valence-electron chi connectivity index (χ0n) is 17.4. The van der Waals surface area contributed by atoms with Gasteiger partial charge in [0, 0.05) is 17.3 Å². The molecule has 4 atom stereocenters. The fraction of sp³-hybridized carbons (Fsp3) is 1.00. The molecule has 2 bridgehead atoms. The van der Waals surface area contributed by atoms with Crippen LogP contribution in [0.4, 0.5) is 0 Å².